The zero-order valence-electron chi connectivity index (χ0n) is 18.9. The molecule has 0 spiro atoms. The average molecular weight is 465 g/mol. The number of carbonyl (C=O) groups excluding carboxylic acids is 1. The van der Waals surface area contributed by atoms with Crippen LogP contribution in [0.2, 0.25) is 0 Å². The lowest BCUT2D eigenvalue weighted by Crippen LogP contribution is -2.57. The summed E-state index contributed by atoms with van der Waals surface area (Å²) in [4.78, 5) is 10.7. The van der Waals surface area contributed by atoms with Crippen LogP contribution in [0.1, 0.15) is 69.8 Å². The molecule has 3 aliphatic rings. The molecule has 32 heavy (non-hydrogen) atoms. The van der Waals surface area contributed by atoms with Crippen LogP contribution in [-0.4, -0.2) is 57.4 Å². The topological polar surface area (TPSA) is 93.7 Å². The number of sulfonamides is 1. The summed E-state index contributed by atoms with van der Waals surface area (Å²) < 4.78 is 39.7. The maximum absolute atomic E-state index is 12.7. The Morgan fingerprint density at radius 1 is 1.16 bits per heavy atom. The van der Waals surface area contributed by atoms with E-state index < -0.39 is 14.8 Å². The Morgan fingerprint density at radius 3 is 2.62 bits per heavy atom. The minimum Gasteiger partial charge on any atom is -0.486 e. The highest BCUT2D eigenvalue weighted by Crippen LogP contribution is 2.42. The van der Waals surface area contributed by atoms with Gasteiger partial charge in [0.15, 0.2) is 6.29 Å². The normalized spacial score (nSPS) is 29.9. The molecule has 1 saturated heterocycles. The van der Waals surface area contributed by atoms with E-state index in [0.717, 1.165) is 69.9 Å². The molecular weight excluding hydrogens is 428 g/mol. The van der Waals surface area contributed by atoms with Crippen molar-refractivity contribution in [2.45, 2.75) is 87.1 Å². The van der Waals surface area contributed by atoms with Crippen LogP contribution in [0.4, 0.5) is 0 Å². The maximum Gasteiger partial charge on any atom is 0.217 e. The predicted molar refractivity (Wildman–Crippen MR) is 123 cm³/mol. The standard InChI is InChI=1S/C24H36N2O5S/c1-24(12-13-24)32(28,29)26-21-6-4-14-25-22(21)17-31-19-10-8-18(9-11-19)20-5-2-3-7-23(20)30-16-15-27/h2-3,5,7,15,18-19,21-22,25-26H,4,6,8-14,16-17H2,1H3/t18-,19+,21-,22-/m0/s1. The van der Waals surface area contributed by atoms with E-state index in [1.54, 1.807) is 0 Å². The number of ether oxygens (including phenoxy) is 2. The first-order valence-electron chi connectivity index (χ1n) is 11.9. The second-order valence-electron chi connectivity index (χ2n) is 9.70. The lowest BCUT2D eigenvalue weighted by molar-refractivity contribution is -0.109. The van der Waals surface area contributed by atoms with Crippen molar-refractivity contribution in [3.63, 3.8) is 0 Å². The van der Waals surface area contributed by atoms with Crippen molar-refractivity contribution in [1.29, 1.82) is 0 Å². The molecular formula is C24H36N2O5S. The number of nitrogens with one attached hydrogen (secondary N) is 2. The van der Waals surface area contributed by atoms with Crippen molar-refractivity contribution in [3.8, 4) is 5.75 Å². The summed E-state index contributed by atoms with van der Waals surface area (Å²) in [6.07, 6.45) is 8.23. The third-order valence-electron chi connectivity index (χ3n) is 7.34. The Morgan fingerprint density at radius 2 is 1.91 bits per heavy atom. The van der Waals surface area contributed by atoms with Crippen LogP contribution in [0, 0.1) is 0 Å². The molecule has 0 unspecified atom stereocenters. The summed E-state index contributed by atoms with van der Waals surface area (Å²) in [5.41, 5.74) is 1.17. The highest BCUT2D eigenvalue weighted by molar-refractivity contribution is 7.91. The molecule has 2 saturated carbocycles. The van der Waals surface area contributed by atoms with E-state index in [9.17, 15) is 13.2 Å². The fraction of sp³-hybridized carbons (Fsp3) is 0.708. The van der Waals surface area contributed by atoms with Crippen LogP contribution < -0.4 is 14.8 Å². The van der Waals surface area contributed by atoms with Gasteiger partial charge in [-0.3, -0.25) is 4.79 Å². The number of hydrogen-bond donors (Lipinski definition) is 2. The number of piperidine rings is 1. The predicted octanol–water partition coefficient (Wildman–Crippen LogP) is 2.90. The summed E-state index contributed by atoms with van der Waals surface area (Å²) in [7, 11) is -3.29. The Bertz CT molecular complexity index is 878. The van der Waals surface area contributed by atoms with Gasteiger partial charge in [0, 0.05) is 12.1 Å². The van der Waals surface area contributed by atoms with Crippen LogP contribution >= 0.6 is 0 Å². The molecule has 7 nitrogen and oxygen atoms in total. The van der Waals surface area contributed by atoms with Crippen LogP contribution in [0.3, 0.4) is 0 Å². The van der Waals surface area contributed by atoms with E-state index in [0.29, 0.717) is 12.5 Å². The monoisotopic (exact) mass is 464 g/mol. The number of benzene rings is 1. The van der Waals surface area contributed by atoms with Gasteiger partial charge in [-0.1, -0.05) is 18.2 Å². The first-order valence-corrected chi connectivity index (χ1v) is 13.4. The first kappa shape index (κ1) is 23.7. The SMILES string of the molecule is CC1(S(=O)(=O)N[C@H]2CCCN[C@H]2CO[C@H]2CC[C@@H](c3ccccc3OCC=O)CC2)CC1. The van der Waals surface area contributed by atoms with Gasteiger partial charge in [0.2, 0.25) is 10.0 Å². The molecule has 2 aliphatic carbocycles. The van der Waals surface area contributed by atoms with Gasteiger partial charge in [0.25, 0.3) is 0 Å². The van der Waals surface area contributed by atoms with Gasteiger partial charge in [-0.05, 0) is 82.4 Å². The van der Waals surface area contributed by atoms with E-state index in [4.69, 9.17) is 9.47 Å². The molecule has 3 fully saturated rings. The second kappa shape index (κ2) is 10.2. The van der Waals surface area contributed by atoms with Gasteiger partial charge >= 0.3 is 0 Å². The molecule has 8 heteroatoms. The van der Waals surface area contributed by atoms with Gasteiger partial charge in [0.05, 0.1) is 17.5 Å². The minimum atomic E-state index is -3.29. The van der Waals surface area contributed by atoms with E-state index in [1.807, 2.05) is 25.1 Å². The third kappa shape index (κ3) is 5.53. The molecule has 0 amide bonds. The van der Waals surface area contributed by atoms with Crippen LogP contribution in [0.15, 0.2) is 24.3 Å². The smallest absolute Gasteiger partial charge is 0.217 e. The zero-order valence-corrected chi connectivity index (χ0v) is 19.7. The highest BCUT2D eigenvalue weighted by Gasteiger charge is 2.51. The average Bonchev–Trinajstić information content (AvgIpc) is 3.57. The molecule has 178 valence electrons. The van der Waals surface area contributed by atoms with Crippen molar-refractivity contribution in [2.24, 2.45) is 0 Å². The molecule has 0 bridgehead atoms. The van der Waals surface area contributed by atoms with E-state index >= 15 is 0 Å². The fourth-order valence-electron chi connectivity index (χ4n) is 4.91. The van der Waals surface area contributed by atoms with Gasteiger partial charge < -0.3 is 14.8 Å². The molecule has 2 N–H and O–H groups in total. The fourth-order valence-corrected chi connectivity index (χ4v) is 6.51. The lowest BCUT2D eigenvalue weighted by atomic mass is 9.82. The van der Waals surface area contributed by atoms with Gasteiger partial charge in [-0.15, -0.1) is 0 Å². The molecule has 0 aromatic heterocycles. The summed E-state index contributed by atoms with van der Waals surface area (Å²) >= 11 is 0. The molecule has 1 heterocycles. The Labute approximate surface area is 191 Å². The van der Waals surface area contributed by atoms with Crippen LogP contribution in [0.25, 0.3) is 0 Å². The van der Waals surface area contributed by atoms with E-state index in [1.165, 1.54) is 5.56 Å². The summed E-state index contributed by atoms with van der Waals surface area (Å²) in [5, 5.41) is 3.47. The molecule has 1 aliphatic heterocycles. The molecule has 1 aromatic rings. The Balaban J connectivity index is 1.27. The van der Waals surface area contributed by atoms with Crippen molar-refractivity contribution in [2.75, 3.05) is 19.8 Å². The Kier molecular flexibility index (Phi) is 7.54. The quantitative estimate of drug-likeness (QED) is 0.517. The number of rotatable bonds is 10. The minimum absolute atomic E-state index is 0.0102. The number of hydrogen-bond acceptors (Lipinski definition) is 6. The molecule has 4 rings (SSSR count). The van der Waals surface area contributed by atoms with Crippen molar-refractivity contribution < 1.29 is 22.7 Å². The van der Waals surface area contributed by atoms with Crippen molar-refractivity contribution in [1.82, 2.24) is 10.0 Å². The van der Waals surface area contributed by atoms with Gasteiger partial charge in [-0.25, -0.2) is 13.1 Å². The van der Waals surface area contributed by atoms with Gasteiger partial charge in [0.1, 0.15) is 12.4 Å². The number of carbonyl (C=O) groups is 1. The van der Waals surface area contributed by atoms with Crippen LogP contribution in [-0.2, 0) is 19.6 Å². The molecule has 2 atom stereocenters. The molecule has 1 aromatic carbocycles. The van der Waals surface area contributed by atoms with E-state index in [2.05, 4.69) is 16.1 Å². The largest absolute Gasteiger partial charge is 0.486 e. The van der Waals surface area contributed by atoms with Gasteiger partial charge in [-0.2, -0.15) is 0 Å². The number of para-hydroxylation sites is 1. The second-order valence-corrected chi connectivity index (χ2v) is 11.9. The Hall–Kier alpha value is -1.48. The summed E-state index contributed by atoms with van der Waals surface area (Å²) in [6, 6.07) is 7.88. The number of aldehydes is 1. The van der Waals surface area contributed by atoms with Crippen LogP contribution in [0.5, 0.6) is 5.75 Å². The maximum atomic E-state index is 12.7. The zero-order chi connectivity index (χ0) is 22.6. The van der Waals surface area contributed by atoms with E-state index in [-0.39, 0.29) is 24.8 Å². The van der Waals surface area contributed by atoms with Crippen molar-refractivity contribution in [3.05, 3.63) is 29.8 Å². The summed E-state index contributed by atoms with van der Waals surface area (Å²) in [5.74, 6) is 1.21. The highest BCUT2D eigenvalue weighted by atomic mass is 32.2. The molecule has 0 radical (unpaired) electrons. The lowest BCUT2D eigenvalue weighted by Gasteiger charge is -2.36. The summed E-state index contributed by atoms with van der Waals surface area (Å²) in [6.45, 7) is 3.33. The first-order chi connectivity index (χ1) is 15.4. The third-order valence-corrected chi connectivity index (χ3v) is 9.66. The van der Waals surface area contributed by atoms with Crippen molar-refractivity contribution >= 4 is 16.3 Å².